The molecule has 41 heavy (non-hydrogen) atoms. The molecule has 1 heterocycles. The number of benzene rings is 3. The van der Waals surface area contributed by atoms with Gasteiger partial charge in [-0.25, -0.2) is 9.78 Å². The van der Waals surface area contributed by atoms with E-state index in [4.69, 9.17) is 42.7 Å². The number of phenolic OH excluding ortho intramolecular Hbond substituents is 1. The third kappa shape index (κ3) is 7.80. The van der Waals surface area contributed by atoms with Crippen LogP contribution < -0.4 is 19.8 Å². The molecule has 4 aromatic rings. The number of aromatic hydroxyl groups is 1. The Labute approximate surface area is 247 Å². The van der Waals surface area contributed by atoms with Crippen LogP contribution in [-0.2, 0) is 17.7 Å². The molecule has 0 saturated heterocycles. The number of hydrogen-bond acceptors (Lipinski definition) is 8. The maximum Gasteiger partial charge on any atom is 0.338 e. The second-order valence-corrected chi connectivity index (χ2v) is 9.59. The molecule has 9 nitrogen and oxygen atoms in total. The number of carbonyl (C=O) groups is 1. The Balaban J connectivity index is 0.00000462. The van der Waals surface area contributed by atoms with E-state index in [1.807, 2.05) is 6.07 Å². The zero-order valence-corrected chi connectivity index (χ0v) is 23.7. The number of rotatable bonds is 10. The van der Waals surface area contributed by atoms with Crippen LogP contribution in [0.2, 0.25) is 10.0 Å². The summed E-state index contributed by atoms with van der Waals surface area (Å²) in [4.78, 5) is 16.1. The van der Waals surface area contributed by atoms with Crippen LogP contribution in [-0.4, -0.2) is 30.8 Å². The van der Waals surface area contributed by atoms with Gasteiger partial charge in [0.15, 0.2) is 23.9 Å². The highest BCUT2D eigenvalue weighted by Gasteiger charge is 2.24. The minimum Gasteiger partial charge on any atom is -0.870 e. The summed E-state index contributed by atoms with van der Waals surface area (Å²) in [5.74, 6) is 0.506. The standard InChI is InChI=1S/C30H25Cl2N3O5.H2O/c1-38-27-8-7-21(11-29(27)39-2)28(13-24-25(31)16-34-17-26(24)32)40-30(37)20-5-3-18(4-6-20)15-35-22-9-19(14-33)10-23(36)12-22;/h3-12,16-17,28,35-36H,13,15H2,1-2H3;1H2/t28-;/m0./s1. The second kappa shape index (κ2) is 14.2. The van der Waals surface area contributed by atoms with Crippen LogP contribution in [0.3, 0.4) is 0 Å². The van der Waals surface area contributed by atoms with Crippen LogP contribution in [0.4, 0.5) is 5.69 Å². The van der Waals surface area contributed by atoms with Crippen LogP contribution >= 0.6 is 23.2 Å². The normalized spacial score (nSPS) is 11.0. The highest BCUT2D eigenvalue weighted by Crippen LogP contribution is 2.35. The van der Waals surface area contributed by atoms with Crippen molar-refractivity contribution in [3.63, 3.8) is 0 Å². The summed E-state index contributed by atoms with van der Waals surface area (Å²) in [6, 6.07) is 18.8. The molecule has 0 saturated carbocycles. The molecule has 212 valence electrons. The van der Waals surface area contributed by atoms with E-state index in [0.29, 0.717) is 56.0 Å². The first-order chi connectivity index (χ1) is 19.3. The van der Waals surface area contributed by atoms with E-state index < -0.39 is 12.1 Å². The quantitative estimate of drug-likeness (QED) is 0.213. The zero-order chi connectivity index (χ0) is 28.6. The number of nitriles is 1. The van der Waals surface area contributed by atoms with E-state index in [2.05, 4.69) is 10.3 Å². The Morgan fingerprint density at radius 1 is 1.00 bits per heavy atom. The fourth-order valence-electron chi connectivity index (χ4n) is 4.08. The lowest BCUT2D eigenvalue weighted by molar-refractivity contribution is -0.377. The van der Waals surface area contributed by atoms with Gasteiger partial charge >= 0.3 is 5.97 Å². The minimum absolute atomic E-state index is 0. The summed E-state index contributed by atoms with van der Waals surface area (Å²) < 4.78 is 16.8. The van der Waals surface area contributed by atoms with Crippen molar-refractivity contribution in [3.8, 4) is 23.3 Å². The summed E-state index contributed by atoms with van der Waals surface area (Å²) in [5.41, 5.74) is 3.50. The number of phenols is 1. The molecule has 0 aliphatic heterocycles. The van der Waals surface area contributed by atoms with Crippen molar-refractivity contribution in [2.75, 3.05) is 19.5 Å². The lowest BCUT2D eigenvalue weighted by Gasteiger charge is -2.20. The number of methoxy groups -OCH3 is 2. The Morgan fingerprint density at radius 3 is 2.32 bits per heavy atom. The van der Waals surface area contributed by atoms with Crippen LogP contribution in [0.5, 0.6) is 17.2 Å². The van der Waals surface area contributed by atoms with Gasteiger partial charge in [0, 0.05) is 30.3 Å². The van der Waals surface area contributed by atoms with E-state index in [9.17, 15) is 9.90 Å². The first-order valence-corrected chi connectivity index (χ1v) is 12.9. The molecular formula is C30H27Cl2N3O6. The number of halogens is 2. The maximum absolute atomic E-state index is 13.2. The van der Waals surface area contributed by atoms with E-state index in [-0.39, 0.29) is 17.6 Å². The van der Waals surface area contributed by atoms with Gasteiger partial charge < -0.3 is 30.1 Å². The molecular weight excluding hydrogens is 569 g/mol. The number of nitrogens with zero attached hydrogens (tertiary/aromatic N) is 1. The summed E-state index contributed by atoms with van der Waals surface area (Å²) in [6.45, 7) is 0.417. The highest BCUT2D eigenvalue weighted by molar-refractivity contribution is 6.35. The molecule has 0 radical (unpaired) electrons. The van der Waals surface area contributed by atoms with Gasteiger partial charge in [0.1, 0.15) is 21.9 Å². The molecule has 11 heteroatoms. The summed E-state index contributed by atoms with van der Waals surface area (Å²) in [7, 11) is 3.07. The molecule has 0 fully saturated rings. The van der Waals surface area contributed by atoms with E-state index in [1.54, 1.807) is 68.0 Å². The number of carbonyl (C=O) groups excluding carboxylic acids is 1. The number of esters is 1. The van der Waals surface area contributed by atoms with Crippen molar-refractivity contribution in [2.45, 2.75) is 19.1 Å². The van der Waals surface area contributed by atoms with Crippen LogP contribution in [0.1, 0.15) is 38.7 Å². The Hall–Kier alpha value is -4.49. The summed E-state index contributed by atoms with van der Waals surface area (Å²) >= 11 is 12.8. The topological polar surface area (TPSA) is 145 Å². The van der Waals surface area contributed by atoms with Gasteiger partial charge in [-0.1, -0.05) is 41.4 Å². The highest BCUT2D eigenvalue weighted by atomic mass is 35.5. The molecule has 0 amide bonds. The van der Waals surface area contributed by atoms with Gasteiger partial charge in [0.25, 0.3) is 0 Å². The van der Waals surface area contributed by atoms with Crippen LogP contribution in [0.15, 0.2) is 73.1 Å². The number of H-pyrrole nitrogens is 1. The van der Waals surface area contributed by atoms with Crippen molar-refractivity contribution in [1.29, 1.82) is 5.26 Å². The lowest BCUT2D eigenvalue weighted by atomic mass is 10.0. The fourth-order valence-corrected chi connectivity index (χ4v) is 4.61. The fraction of sp³-hybridized carbons (Fsp3) is 0.167. The van der Waals surface area contributed by atoms with E-state index in [1.165, 1.54) is 19.2 Å². The number of nitrogens with one attached hydrogen (secondary N) is 2. The Bertz CT molecular complexity index is 1540. The zero-order valence-electron chi connectivity index (χ0n) is 22.2. The molecule has 0 aliphatic rings. The molecule has 4 N–H and O–H groups in total. The largest absolute Gasteiger partial charge is 0.870 e. The molecule has 0 spiro atoms. The second-order valence-electron chi connectivity index (χ2n) is 8.77. The Kier molecular flexibility index (Phi) is 10.8. The van der Waals surface area contributed by atoms with Crippen LogP contribution in [0, 0.1) is 11.3 Å². The van der Waals surface area contributed by atoms with Crippen molar-refractivity contribution >= 4 is 34.9 Å². The average molecular weight is 596 g/mol. The van der Waals surface area contributed by atoms with Crippen molar-refractivity contribution in [1.82, 2.24) is 0 Å². The molecule has 4 rings (SSSR count). The van der Waals surface area contributed by atoms with Crippen molar-refractivity contribution in [2.24, 2.45) is 0 Å². The summed E-state index contributed by atoms with van der Waals surface area (Å²) in [6.07, 6.45) is 2.72. The predicted octanol–water partition coefficient (Wildman–Crippen LogP) is 5.98. The number of aromatic nitrogens is 1. The number of anilines is 1. The first-order valence-electron chi connectivity index (χ1n) is 12.1. The van der Waals surface area contributed by atoms with Gasteiger partial charge in [-0.05, 0) is 47.5 Å². The molecule has 0 aliphatic carbocycles. The van der Waals surface area contributed by atoms with E-state index in [0.717, 1.165) is 5.56 Å². The molecule has 0 unspecified atom stereocenters. The number of pyridine rings is 1. The third-order valence-electron chi connectivity index (χ3n) is 6.15. The summed E-state index contributed by atoms with van der Waals surface area (Å²) in [5, 5.41) is 22.9. The predicted molar refractivity (Wildman–Crippen MR) is 153 cm³/mol. The third-order valence-corrected chi connectivity index (χ3v) is 6.82. The molecule has 1 aromatic heterocycles. The smallest absolute Gasteiger partial charge is 0.338 e. The lowest BCUT2D eigenvalue weighted by Crippen LogP contribution is -2.16. The monoisotopic (exact) mass is 595 g/mol. The maximum atomic E-state index is 13.2. The van der Waals surface area contributed by atoms with Gasteiger partial charge in [-0.2, -0.15) is 5.26 Å². The van der Waals surface area contributed by atoms with Gasteiger partial charge in [-0.15, -0.1) is 0 Å². The molecule has 1 atom stereocenters. The van der Waals surface area contributed by atoms with Crippen molar-refractivity contribution in [3.05, 3.63) is 111 Å². The van der Waals surface area contributed by atoms with Gasteiger partial charge in [-0.3, -0.25) is 0 Å². The van der Waals surface area contributed by atoms with E-state index >= 15 is 0 Å². The first kappa shape index (κ1) is 31.0. The van der Waals surface area contributed by atoms with Crippen molar-refractivity contribution < 1.29 is 34.6 Å². The average Bonchev–Trinajstić information content (AvgIpc) is 2.96. The number of hydrogen-bond donors (Lipinski definition) is 2. The number of aromatic amines is 1. The van der Waals surface area contributed by atoms with Gasteiger partial charge in [0.2, 0.25) is 0 Å². The SMILES string of the molecule is COc1ccc([C@H](Cc2c(Cl)c[nH+]cc2Cl)OC(=O)c2ccc(CNc3cc(O)cc(C#N)c3)cc2)cc1OC.[OH-]. The van der Waals surface area contributed by atoms with Crippen LogP contribution in [0.25, 0.3) is 0 Å². The Morgan fingerprint density at radius 2 is 1.68 bits per heavy atom. The molecule has 0 bridgehead atoms. The van der Waals surface area contributed by atoms with Gasteiger partial charge in [0.05, 0.1) is 31.4 Å². The molecule has 3 aromatic carbocycles. The number of ether oxygens (including phenoxy) is 3. The minimum atomic E-state index is -0.730.